The lowest BCUT2D eigenvalue weighted by Crippen LogP contribution is -2.58. The highest BCUT2D eigenvalue weighted by Crippen LogP contribution is 2.41. The van der Waals surface area contributed by atoms with Crippen LogP contribution in [0, 0.1) is 17.8 Å². The molecule has 3 heterocycles. The largest absolute Gasteiger partial charge is 0.380 e. The van der Waals surface area contributed by atoms with Crippen LogP contribution in [0.5, 0.6) is 0 Å². The Morgan fingerprint density at radius 1 is 1.18 bits per heavy atom. The number of imide groups is 1. The molecule has 184 valence electrons. The third-order valence-electron chi connectivity index (χ3n) is 7.70. The molecule has 0 radical (unpaired) electrons. The molecule has 6 atom stereocenters. The van der Waals surface area contributed by atoms with Crippen molar-refractivity contribution in [2.75, 3.05) is 26.7 Å². The first-order chi connectivity index (χ1) is 15.7. The van der Waals surface area contributed by atoms with Gasteiger partial charge in [0.15, 0.2) is 0 Å². The minimum Gasteiger partial charge on any atom is -0.380 e. The van der Waals surface area contributed by atoms with Gasteiger partial charge in [-0.2, -0.15) is 8.78 Å². The van der Waals surface area contributed by atoms with E-state index >= 15 is 0 Å². The van der Waals surface area contributed by atoms with Crippen molar-refractivity contribution in [3.8, 4) is 0 Å². The summed E-state index contributed by atoms with van der Waals surface area (Å²) in [5.74, 6) is -5.78. The number of rotatable bonds is 6. The maximum Gasteiger partial charge on any atom is 0.339 e. The molecule has 0 aromatic rings. The number of nitrogens with one attached hydrogen (secondary N) is 3. The highest BCUT2D eigenvalue weighted by molar-refractivity contribution is 6.02. The quantitative estimate of drug-likeness (QED) is 0.477. The van der Waals surface area contributed by atoms with Crippen molar-refractivity contribution in [2.45, 2.75) is 69.1 Å². The third kappa shape index (κ3) is 4.89. The first-order valence-electron chi connectivity index (χ1n) is 11.8. The number of carbonyl (C=O) groups is 4. The van der Waals surface area contributed by atoms with Gasteiger partial charge in [-0.25, -0.2) is 0 Å². The second-order valence-electron chi connectivity index (χ2n) is 9.73. The second kappa shape index (κ2) is 9.61. The van der Waals surface area contributed by atoms with Gasteiger partial charge in [0.25, 0.3) is 5.91 Å². The molecule has 3 aliphatic heterocycles. The van der Waals surface area contributed by atoms with E-state index < -0.39 is 29.8 Å². The van der Waals surface area contributed by atoms with Crippen LogP contribution in [0.3, 0.4) is 0 Å². The molecule has 1 aliphatic carbocycles. The van der Waals surface area contributed by atoms with Gasteiger partial charge in [0.2, 0.25) is 17.7 Å². The van der Waals surface area contributed by atoms with Crippen molar-refractivity contribution in [3.63, 3.8) is 0 Å². The number of hydrogen-bond acceptors (Lipinski definition) is 6. The van der Waals surface area contributed by atoms with Crippen LogP contribution in [0.1, 0.15) is 44.9 Å². The number of alkyl halides is 2. The number of fused-ring (bicyclic) bond motifs is 1. The zero-order valence-electron chi connectivity index (χ0n) is 18.8. The summed E-state index contributed by atoms with van der Waals surface area (Å²) in [7, 11) is 1.54. The van der Waals surface area contributed by atoms with Crippen molar-refractivity contribution >= 4 is 23.6 Å². The van der Waals surface area contributed by atoms with Crippen LogP contribution in [0.2, 0.25) is 0 Å². The van der Waals surface area contributed by atoms with Crippen LogP contribution >= 0.6 is 0 Å². The summed E-state index contributed by atoms with van der Waals surface area (Å²) < 4.78 is 34.5. The molecule has 4 fully saturated rings. The van der Waals surface area contributed by atoms with Crippen molar-refractivity contribution < 1.29 is 32.7 Å². The van der Waals surface area contributed by atoms with Crippen molar-refractivity contribution in [3.05, 3.63) is 0 Å². The van der Waals surface area contributed by atoms with Gasteiger partial charge in [0, 0.05) is 39.1 Å². The van der Waals surface area contributed by atoms with E-state index in [1.54, 1.807) is 4.90 Å². The fourth-order valence-corrected chi connectivity index (χ4v) is 5.74. The van der Waals surface area contributed by atoms with Crippen LogP contribution in [0.4, 0.5) is 8.78 Å². The smallest absolute Gasteiger partial charge is 0.339 e. The van der Waals surface area contributed by atoms with Gasteiger partial charge in [-0.05, 0) is 50.4 Å². The van der Waals surface area contributed by atoms with Gasteiger partial charge in [-0.3, -0.25) is 24.5 Å². The highest BCUT2D eigenvalue weighted by atomic mass is 19.3. The van der Waals surface area contributed by atoms with E-state index in [0.717, 1.165) is 0 Å². The summed E-state index contributed by atoms with van der Waals surface area (Å²) >= 11 is 0. The van der Waals surface area contributed by atoms with Gasteiger partial charge in [-0.15, -0.1) is 0 Å². The summed E-state index contributed by atoms with van der Waals surface area (Å²) in [6.07, 6.45) is 2.93. The van der Waals surface area contributed by atoms with E-state index in [1.165, 1.54) is 7.11 Å². The monoisotopic (exact) mass is 470 g/mol. The van der Waals surface area contributed by atoms with Crippen molar-refractivity contribution in [1.82, 2.24) is 20.9 Å². The first-order valence-corrected chi connectivity index (χ1v) is 11.8. The average Bonchev–Trinajstić information content (AvgIpc) is 3.12. The fourth-order valence-electron chi connectivity index (χ4n) is 5.74. The topological polar surface area (TPSA) is 117 Å². The minimum absolute atomic E-state index is 0.00213. The number of amides is 4. The second-order valence-corrected chi connectivity index (χ2v) is 9.73. The van der Waals surface area contributed by atoms with E-state index in [1.807, 2.05) is 0 Å². The number of methoxy groups -OCH3 is 1. The summed E-state index contributed by atoms with van der Waals surface area (Å²) in [6.45, 7) is 0.841. The third-order valence-corrected chi connectivity index (χ3v) is 7.70. The van der Waals surface area contributed by atoms with Crippen molar-refractivity contribution in [1.29, 1.82) is 0 Å². The van der Waals surface area contributed by atoms with E-state index in [0.29, 0.717) is 38.6 Å². The Kier molecular flexibility index (Phi) is 6.99. The van der Waals surface area contributed by atoms with Gasteiger partial charge >= 0.3 is 5.92 Å². The van der Waals surface area contributed by atoms with Crippen molar-refractivity contribution in [2.24, 2.45) is 17.8 Å². The van der Waals surface area contributed by atoms with Crippen LogP contribution in [0.25, 0.3) is 0 Å². The van der Waals surface area contributed by atoms with Crippen LogP contribution in [-0.2, 0) is 23.9 Å². The maximum absolute atomic E-state index is 14.6. The van der Waals surface area contributed by atoms with Crippen LogP contribution < -0.4 is 16.0 Å². The fraction of sp³-hybridized carbons (Fsp3) is 0.818. The Morgan fingerprint density at radius 2 is 1.97 bits per heavy atom. The summed E-state index contributed by atoms with van der Waals surface area (Å²) in [5, 5.41) is 7.45. The molecule has 4 amide bonds. The predicted molar refractivity (Wildman–Crippen MR) is 112 cm³/mol. The lowest BCUT2D eigenvalue weighted by molar-refractivity contribution is -0.152. The zero-order valence-corrected chi connectivity index (χ0v) is 18.8. The number of ether oxygens (including phenoxy) is 1. The Balaban J connectivity index is 1.28. The lowest BCUT2D eigenvalue weighted by atomic mass is 9.75. The Bertz CT molecular complexity index is 802. The molecule has 1 saturated carbocycles. The number of hydrogen-bond donors (Lipinski definition) is 3. The molecule has 0 spiro atoms. The molecule has 3 saturated heterocycles. The van der Waals surface area contributed by atoms with E-state index in [9.17, 15) is 28.0 Å². The average molecular weight is 471 g/mol. The van der Waals surface area contributed by atoms with Gasteiger partial charge in [0.1, 0.15) is 6.04 Å². The molecule has 9 nitrogen and oxygen atoms in total. The normalized spacial score (nSPS) is 35.2. The molecule has 3 N–H and O–H groups in total. The standard InChI is InChI=1S/C22H32F2N4O5/c1-33-14-3-6-17(25-10-14)22(23,24)21(32)26-9-12-2-4-15-13(8-12)11-28(20(15)31)16-5-7-18(29)27-19(16)30/h12-17,25H,2-11H2,1H3,(H,26,32)(H,27,29,30). The summed E-state index contributed by atoms with van der Waals surface area (Å²) in [4.78, 5) is 50.3. The van der Waals surface area contributed by atoms with Crippen LogP contribution in [-0.4, -0.2) is 79.4 Å². The highest BCUT2D eigenvalue weighted by Gasteiger charge is 2.50. The Hall–Kier alpha value is -2.14. The SMILES string of the molecule is COC1CCC(C(F)(F)C(=O)NCC2CCC3C(=O)N(C4CCC(=O)NC4=O)CC3C2)NC1. The molecule has 0 bridgehead atoms. The van der Waals surface area contributed by atoms with Gasteiger partial charge < -0.3 is 20.3 Å². The zero-order chi connectivity index (χ0) is 23.8. The molecule has 4 rings (SSSR count). The number of nitrogens with zero attached hydrogens (tertiary/aromatic N) is 1. The molecule has 4 aliphatic rings. The number of halogens is 2. The number of carbonyl (C=O) groups excluding carboxylic acids is 4. The minimum atomic E-state index is -3.51. The van der Waals surface area contributed by atoms with E-state index in [4.69, 9.17) is 4.74 Å². The van der Waals surface area contributed by atoms with Crippen LogP contribution in [0.15, 0.2) is 0 Å². The molecule has 0 aromatic heterocycles. The number of piperidine rings is 2. The summed E-state index contributed by atoms with van der Waals surface area (Å²) in [5.41, 5.74) is 0. The lowest BCUT2D eigenvalue weighted by Gasteiger charge is -2.34. The number of likely N-dealkylation sites (tertiary alicyclic amines) is 1. The predicted octanol–water partition coefficient (Wildman–Crippen LogP) is 0.185. The van der Waals surface area contributed by atoms with Gasteiger partial charge in [-0.1, -0.05) is 0 Å². The maximum atomic E-state index is 14.6. The Labute approximate surface area is 191 Å². The van der Waals surface area contributed by atoms with E-state index in [2.05, 4.69) is 16.0 Å². The Morgan fingerprint density at radius 3 is 2.64 bits per heavy atom. The molecule has 0 aromatic carbocycles. The molecular formula is C22H32F2N4O5. The summed E-state index contributed by atoms with van der Waals surface area (Å²) in [6, 6.07) is -1.84. The molecule has 6 unspecified atom stereocenters. The molecule has 33 heavy (non-hydrogen) atoms. The van der Waals surface area contributed by atoms with E-state index in [-0.39, 0.29) is 61.6 Å². The molecular weight excluding hydrogens is 438 g/mol. The molecule has 11 heteroatoms. The van der Waals surface area contributed by atoms with Gasteiger partial charge in [0.05, 0.1) is 12.1 Å². The first kappa shape index (κ1) is 24.0.